The number of methoxy groups -OCH3 is 1. The molecule has 4 atom stereocenters. The summed E-state index contributed by atoms with van der Waals surface area (Å²) in [5.41, 5.74) is -0.704. The van der Waals surface area contributed by atoms with Gasteiger partial charge in [-0.15, -0.1) is 0 Å². The molecule has 2 aromatic rings. The van der Waals surface area contributed by atoms with Crippen LogP contribution >= 0.6 is 27.5 Å². The van der Waals surface area contributed by atoms with E-state index in [0.29, 0.717) is 21.6 Å². The van der Waals surface area contributed by atoms with E-state index in [4.69, 9.17) is 25.8 Å². The molecule has 0 saturated carbocycles. The predicted octanol–water partition coefficient (Wildman–Crippen LogP) is 3.30. The molecule has 0 spiro atoms. The minimum atomic E-state index is -1.56. The summed E-state index contributed by atoms with van der Waals surface area (Å²) in [6.07, 6.45) is -0.728. The van der Waals surface area contributed by atoms with Gasteiger partial charge in [0.1, 0.15) is 16.9 Å². The normalized spacial score (nSPS) is 27.9. The number of aliphatic hydroxyl groups is 1. The van der Waals surface area contributed by atoms with Gasteiger partial charge in [-0.2, -0.15) is 0 Å². The molecule has 6 nitrogen and oxygen atoms in total. The van der Waals surface area contributed by atoms with Crippen molar-refractivity contribution in [1.29, 1.82) is 0 Å². The van der Waals surface area contributed by atoms with Gasteiger partial charge < -0.3 is 19.3 Å². The fourth-order valence-electron chi connectivity index (χ4n) is 3.09. The Bertz CT molecular complexity index is 775. The number of pyridine rings is 1. The lowest BCUT2D eigenvalue weighted by molar-refractivity contribution is -0.272. The Labute approximate surface area is 170 Å². The maximum Gasteiger partial charge on any atom is 0.338 e. The Balaban J connectivity index is 1.97. The summed E-state index contributed by atoms with van der Waals surface area (Å²) in [5, 5.41) is 12.2. The maximum absolute atomic E-state index is 12.6. The zero-order valence-electron chi connectivity index (χ0n) is 14.5. The molecule has 1 aliphatic heterocycles. The van der Waals surface area contributed by atoms with Gasteiger partial charge in [-0.3, -0.25) is 0 Å². The fourth-order valence-corrected chi connectivity index (χ4v) is 3.70. The minimum absolute atomic E-state index is 0.0725. The van der Waals surface area contributed by atoms with Crippen molar-refractivity contribution < 1.29 is 24.1 Å². The van der Waals surface area contributed by atoms with Crippen molar-refractivity contribution in [2.24, 2.45) is 0 Å². The number of esters is 1. The third-order valence-corrected chi connectivity index (χ3v) is 5.36. The number of carbonyl (C=O) groups excluding carboxylic acids is 1. The summed E-state index contributed by atoms with van der Waals surface area (Å²) in [7, 11) is 1.49. The van der Waals surface area contributed by atoms with Crippen LogP contribution in [0.1, 0.15) is 22.3 Å². The number of rotatable bonds is 5. The minimum Gasteiger partial charge on any atom is -0.452 e. The van der Waals surface area contributed by atoms with E-state index in [0.717, 1.165) is 0 Å². The molecular formula is C19H19BrClNO5. The molecule has 1 aromatic heterocycles. The highest BCUT2D eigenvalue weighted by molar-refractivity contribution is 9.09. The molecule has 1 fully saturated rings. The van der Waals surface area contributed by atoms with E-state index < -0.39 is 30.1 Å². The van der Waals surface area contributed by atoms with Gasteiger partial charge in [0.25, 0.3) is 0 Å². The Morgan fingerprint density at radius 2 is 2.11 bits per heavy atom. The number of benzene rings is 1. The summed E-state index contributed by atoms with van der Waals surface area (Å²) >= 11 is 9.24. The highest BCUT2D eigenvalue weighted by Gasteiger charge is 2.52. The standard InChI is InChI=1S/C19H19BrClNO5/c1-25-16-9-19(24,13-7-8-15(21)22-11-13)17(14(10-20)26-16)27-18(23)12-5-3-2-4-6-12/h2-8,11,14,16-17,24H,9-10H2,1H3/t14-,16+,17-,19-/m1/s1. The molecule has 0 bridgehead atoms. The SMILES string of the molecule is CO[C@@H]1C[C@@](O)(c2ccc(Cl)nc2)[C@H](OC(=O)c2ccccc2)[C@@H](CBr)O1. The lowest BCUT2D eigenvalue weighted by atomic mass is 9.81. The molecule has 0 amide bonds. The van der Waals surface area contributed by atoms with Gasteiger partial charge in [0, 0.05) is 30.6 Å². The number of hydrogen-bond donors (Lipinski definition) is 1. The average molecular weight is 457 g/mol. The topological polar surface area (TPSA) is 77.9 Å². The predicted molar refractivity (Wildman–Crippen MR) is 103 cm³/mol. The Kier molecular flexibility index (Phi) is 6.49. The molecule has 1 aromatic carbocycles. The molecule has 1 N–H and O–H groups in total. The third kappa shape index (κ3) is 4.33. The van der Waals surface area contributed by atoms with Crippen molar-refractivity contribution in [3.8, 4) is 0 Å². The van der Waals surface area contributed by atoms with Gasteiger partial charge >= 0.3 is 5.97 Å². The third-order valence-electron chi connectivity index (χ3n) is 4.50. The molecule has 2 heterocycles. The van der Waals surface area contributed by atoms with Gasteiger partial charge in [0.2, 0.25) is 0 Å². The highest BCUT2D eigenvalue weighted by atomic mass is 79.9. The molecule has 0 unspecified atom stereocenters. The van der Waals surface area contributed by atoms with Crippen molar-refractivity contribution in [3.63, 3.8) is 0 Å². The van der Waals surface area contributed by atoms with Crippen LogP contribution in [0.3, 0.4) is 0 Å². The molecule has 1 aliphatic rings. The molecule has 0 radical (unpaired) electrons. The van der Waals surface area contributed by atoms with Crippen molar-refractivity contribution in [2.75, 3.05) is 12.4 Å². The van der Waals surface area contributed by atoms with Crippen LogP contribution in [-0.2, 0) is 19.8 Å². The number of hydrogen-bond acceptors (Lipinski definition) is 6. The zero-order valence-corrected chi connectivity index (χ0v) is 16.9. The van der Waals surface area contributed by atoms with E-state index in [9.17, 15) is 9.90 Å². The molecule has 3 rings (SSSR count). The van der Waals surface area contributed by atoms with Gasteiger partial charge in [-0.1, -0.05) is 51.8 Å². The first-order chi connectivity index (χ1) is 13.0. The Morgan fingerprint density at radius 1 is 1.37 bits per heavy atom. The number of ether oxygens (including phenoxy) is 3. The van der Waals surface area contributed by atoms with Crippen LogP contribution in [0.15, 0.2) is 48.7 Å². The van der Waals surface area contributed by atoms with Crippen molar-refractivity contribution in [1.82, 2.24) is 4.98 Å². The largest absolute Gasteiger partial charge is 0.452 e. The first-order valence-electron chi connectivity index (χ1n) is 8.32. The van der Waals surface area contributed by atoms with E-state index in [2.05, 4.69) is 20.9 Å². The van der Waals surface area contributed by atoms with E-state index >= 15 is 0 Å². The molecular weight excluding hydrogens is 438 g/mol. The van der Waals surface area contributed by atoms with Gasteiger partial charge in [0.05, 0.1) is 5.56 Å². The molecule has 0 aliphatic carbocycles. The summed E-state index contributed by atoms with van der Waals surface area (Å²) in [6.45, 7) is 0. The fraction of sp³-hybridized carbons (Fsp3) is 0.368. The highest BCUT2D eigenvalue weighted by Crippen LogP contribution is 2.40. The van der Waals surface area contributed by atoms with Crippen LogP contribution in [0.2, 0.25) is 5.15 Å². The summed E-state index contributed by atoms with van der Waals surface area (Å²) in [5.74, 6) is -0.550. The lowest BCUT2D eigenvalue weighted by Crippen LogP contribution is -2.58. The Hall–Kier alpha value is -1.51. The van der Waals surface area contributed by atoms with Crippen molar-refractivity contribution in [2.45, 2.75) is 30.5 Å². The number of alkyl halides is 1. The van der Waals surface area contributed by atoms with Crippen molar-refractivity contribution >= 4 is 33.5 Å². The quantitative estimate of drug-likeness (QED) is 0.423. The second-order valence-corrected chi connectivity index (χ2v) is 7.22. The van der Waals surface area contributed by atoms with Crippen LogP contribution in [0, 0.1) is 0 Å². The monoisotopic (exact) mass is 455 g/mol. The van der Waals surface area contributed by atoms with E-state index in [1.165, 1.54) is 13.3 Å². The smallest absolute Gasteiger partial charge is 0.338 e. The van der Waals surface area contributed by atoms with Gasteiger partial charge in [-0.25, -0.2) is 9.78 Å². The average Bonchev–Trinajstić information content (AvgIpc) is 2.70. The van der Waals surface area contributed by atoms with Crippen molar-refractivity contribution in [3.05, 3.63) is 64.9 Å². The number of nitrogens with zero attached hydrogens (tertiary/aromatic N) is 1. The van der Waals surface area contributed by atoms with Crippen LogP contribution in [0.4, 0.5) is 0 Å². The Morgan fingerprint density at radius 3 is 2.70 bits per heavy atom. The van der Waals surface area contributed by atoms with E-state index in [1.807, 2.05) is 0 Å². The van der Waals surface area contributed by atoms with Crippen LogP contribution in [0.5, 0.6) is 0 Å². The summed E-state index contributed by atoms with van der Waals surface area (Å²) in [4.78, 5) is 16.7. The van der Waals surface area contributed by atoms with Crippen LogP contribution < -0.4 is 0 Å². The van der Waals surface area contributed by atoms with E-state index in [1.54, 1.807) is 42.5 Å². The molecule has 144 valence electrons. The first kappa shape index (κ1) is 20.2. The second kappa shape index (κ2) is 8.67. The summed E-state index contributed by atoms with van der Waals surface area (Å²) in [6, 6.07) is 11.8. The number of aromatic nitrogens is 1. The zero-order chi connectivity index (χ0) is 19.4. The molecule has 1 saturated heterocycles. The van der Waals surface area contributed by atoms with Gasteiger partial charge in [0.15, 0.2) is 12.4 Å². The lowest BCUT2D eigenvalue weighted by Gasteiger charge is -2.45. The maximum atomic E-state index is 12.6. The van der Waals surface area contributed by atoms with E-state index in [-0.39, 0.29) is 6.42 Å². The van der Waals surface area contributed by atoms with Crippen LogP contribution in [-0.4, -0.2) is 47.0 Å². The second-order valence-electron chi connectivity index (χ2n) is 6.18. The number of halogens is 2. The first-order valence-corrected chi connectivity index (χ1v) is 9.82. The van der Waals surface area contributed by atoms with Gasteiger partial charge in [-0.05, 0) is 18.2 Å². The summed E-state index contributed by atoms with van der Waals surface area (Å²) < 4.78 is 16.8. The number of carbonyl (C=O) groups is 1. The van der Waals surface area contributed by atoms with Crippen LogP contribution in [0.25, 0.3) is 0 Å². The molecule has 8 heteroatoms. The molecule has 27 heavy (non-hydrogen) atoms.